The number of ketones is 1. The molecule has 1 aromatic heterocycles. The van der Waals surface area contributed by atoms with Crippen molar-refractivity contribution < 1.29 is 19.0 Å². The lowest BCUT2D eigenvalue weighted by Gasteiger charge is -2.21. The fourth-order valence-electron chi connectivity index (χ4n) is 3.26. The van der Waals surface area contributed by atoms with Gasteiger partial charge in [0, 0.05) is 33.7 Å². The van der Waals surface area contributed by atoms with E-state index in [1.807, 2.05) is 18.2 Å². The van der Waals surface area contributed by atoms with Crippen molar-refractivity contribution in [1.82, 2.24) is 4.98 Å². The smallest absolute Gasteiger partial charge is 0.194 e. The van der Waals surface area contributed by atoms with Gasteiger partial charge in [0.05, 0.1) is 27.0 Å². The fraction of sp³-hybridized carbons (Fsp3) is 0.158. The van der Waals surface area contributed by atoms with Crippen molar-refractivity contribution in [2.45, 2.75) is 0 Å². The van der Waals surface area contributed by atoms with Crippen molar-refractivity contribution >= 4 is 16.6 Å². The van der Waals surface area contributed by atoms with Crippen LogP contribution in [0.15, 0.2) is 36.5 Å². The summed E-state index contributed by atoms with van der Waals surface area (Å²) >= 11 is 0. The Morgan fingerprint density at radius 2 is 1.71 bits per heavy atom. The Labute approximate surface area is 138 Å². The SMILES string of the molecule is COc1ccc2c(c1)C(=O)c1cc(OC)c(OC)c3ccnc-2c13. The van der Waals surface area contributed by atoms with Crippen LogP contribution in [0.5, 0.6) is 17.2 Å². The Kier molecular flexibility index (Phi) is 3.16. The number of aromatic nitrogens is 1. The van der Waals surface area contributed by atoms with Gasteiger partial charge in [-0.3, -0.25) is 9.78 Å². The molecule has 3 aromatic rings. The van der Waals surface area contributed by atoms with Crippen LogP contribution in [-0.4, -0.2) is 32.1 Å². The molecule has 24 heavy (non-hydrogen) atoms. The van der Waals surface area contributed by atoms with Crippen molar-refractivity contribution in [3.05, 3.63) is 47.7 Å². The zero-order valence-electron chi connectivity index (χ0n) is 13.5. The van der Waals surface area contributed by atoms with Crippen LogP contribution in [0.2, 0.25) is 0 Å². The molecule has 1 heterocycles. The van der Waals surface area contributed by atoms with Crippen molar-refractivity contribution in [2.75, 3.05) is 21.3 Å². The first-order chi connectivity index (χ1) is 11.7. The Hall–Kier alpha value is -3.08. The molecule has 0 N–H and O–H groups in total. The monoisotopic (exact) mass is 321 g/mol. The second-order valence-corrected chi connectivity index (χ2v) is 5.48. The van der Waals surface area contributed by atoms with Crippen LogP contribution >= 0.6 is 0 Å². The van der Waals surface area contributed by atoms with E-state index in [-0.39, 0.29) is 5.78 Å². The Balaban J connectivity index is 2.15. The standard InChI is InChI=1S/C19H15NO4/c1-22-10-4-5-11-13(8-10)18(21)14-9-15(23-2)19(24-3)12-6-7-20-17(11)16(12)14/h4-9H,1-3H3. The summed E-state index contributed by atoms with van der Waals surface area (Å²) in [4.78, 5) is 17.6. The Bertz CT molecular complexity index is 994. The summed E-state index contributed by atoms with van der Waals surface area (Å²) in [5.41, 5.74) is 2.70. The molecular formula is C19H15NO4. The van der Waals surface area contributed by atoms with Crippen LogP contribution in [0, 0.1) is 0 Å². The summed E-state index contributed by atoms with van der Waals surface area (Å²) in [5, 5.41) is 1.60. The highest BCUT2D eigenvalue weighted by molar-refractivity contribution is 6.26. The molecule has 0 radical (unpaired) electrons. The van der Waals surface area contributed by atoms with Crippen LogP contribution < -0.4 is 14.2 Å². The minimum Gasteiger partial charge on any atom is -0.497 e. The third-order valence-electron chi connectivity index (χ3n) is 4.36. The molecule has 120 valence electrons. The topological polar surface area (TPSA) is 57.7 Å². The molecule has 0 spiro atoms. The first kappa shape index (κ1) is 14.5. The van der Waals surface area contributed by atoms with Gasteiger partial charge in [-0.15, -0.1) is 0 Å². The van der Waals surface area contributed by atoms with E-state index in [9.17, 15) is 4.79 Å². The third-order valence-corrected chi connectivity index (χ3v) is 4.36. The molecule has 4 rings (SSSR count). The molecule has 0 fully saturated rings. The summed E-state index contributed by atoms with van der Waals surface area (Å²) in [6.45, 7) is 0. The van der Waals surface area contributed by atoms with Crippen molar-refractivity contribution in [3.63, 3.8) is 0 Å². The van der Waals surface area contributed by atoms with Gasteiger partial charge in [-0.25, -0.2) is 0 Å². The highest BCUT2D eigenvalue weighted by Gasteiger charge is 2.29. The number of benzene rings is 2. The predicted molar refractivity (Wildman–Crippen MR) is 90.3 cm³/mol. The first-order valence-corrected chi connectivity index (χ1v) is 7.46. The lowest BCUT2D eigenvalue weighted by molar-refractivity contribution is 0.103. The van der Waals surface area contributed by atoms with Gasteiger partial charge in [-0.2, -0.15) is 0 Å². The van der Waals surface area contributed by atoms with E-state index in [1.54, 1.807) is 39.7 Å². The van der Waals surface area contributed by atoms with Gasteiger partial charge < -0.3 is 14.2 Å². The number of hydrogen-bond donors (Lipinski definition) is 0. The third kappa shape index (κ3) is 1.81. The molecule has 0 atom stereocenters. The molecule has 0 bridgehead atoms. The van der Waals surface area contributed by atoms with E-state index in [1.165, 1.54) is 0 Å². The van der Waals surface area contributed by atoms with Crippen molar-refractivity contribution in [3.8, 4) is 28.5 Å². The molecule has 1 aliphatic rings. The number of pyridine rings is 1. The van der Waals surface area contributed by atoms with Crippen molar-refractivity contribution in [2.24, 2.45) is 0 Å². The van der Waals surface area contributed by atoms with E-state index in [0.717, 1.165) is 22.0 Å². The number of carbonyl (C=O) groups is 1. The van der Waals surface area contributed by atoms with E-state index in [0.29, 0.717) is 28.4 Å². The largest absolute Gasteiger partial charge is 0.497 e. The van der Waals surface area contributed by atoms with Crippen LogP contribution in [0.4, 0.5) is 0 Å². The summed E-state index contributed by atoms with van der Waals surface area (Å²) in [5.74, 6) is 1.69. The second-order valence-electron chi connectivity index (χ2n) is 5.48. The normalized spacial score (nSPS) is 12.0. The molecule has 0 amide bonds. The summed E-state index contributed by atoms with van der Waals surface area (Å²) in [7, 11) is 4.72. The molecule has 5 heteroatoms. The Morgan fingerprint density at radius 3 is 2.42 bits per heavy atom. The first-order valence-electron chi connectivity index (χ1n) is 7.46. The average Bonchev–Trinajstić information content (AvgIpc) is 2.64. The number of fused-ring (bicyclic) bond motifs is 2. The maximum Gasteiger partial charge on any atom is 0.194 e. The minimum absolute atomic E-state index is 0.0737. The van der Waals surface area contributed by atoms with E-state index >= 15 is 0 Å². The van der Waals surface area contributed by atoms with E-state index in [4.69, 9.17) is 14.2 Å². The number of methoxy groups -OCH3 is 3. The van der Waals surface area contributed by atoms with E-state index in [2.05, 4.69) is 4.98 Å². The molecule has 2 aromatic carbocycles. The number of hydrogen-bond acceptors (Lipinski definition) is 5. The molecule has 0 unspecified atom stereocenters. The van der Waals surface area contributed by atoms with Gasteiger partial charge in [-0.1, -0.05) is 0 Å². The second kappa shape index (κ2) is 5.23. The average molecular weight is 321 g/mol. The molecule has 1 aliphatic carbocycles. The molecule has 0 aliphatic heterocycles. The fourth-order valence-corrected chi connectivity index (χ4v) is 3.26. The van der Waals surface area contributed by atoms with Crippen LogP contribution in [-0.2, 0) is 0 Å². The van der Waals surface area contributed by atoms with Crippen LogP contribution in [0.25, 0.3) is 22.0 Å². The summed E-state index contributed by atoms with van der Waals surface area (Å²) in [6, 6.07) is 9.01. The van der Waals surface area contributed by atoms with Crippen LogP contribution in [0.1, 0.15) is 15.9 Å². The summed E-state index contributed by atoms with van der Waals surface area (Å²) < 4.78 is 16.2. The van der Waals surface area contributed by atoms with Crippen molar-refractivity contribution in [1.29, 1.82) is 0 Å². The molecule has 5 nitrogen and oxygen atoms in total. The quantitative estimate of drug-likeness (QED) is 0.578. The number of ether oxygens (including phenoxy) is 3. The zero-order valence-corrected chi connectivity index (χ0v) is 13.5. The maximum absolute atomic E-state index is 13.1. The lowest BCUT2D eigenvalue weighted by Crippen LogP contribution is -2.12. The van der Waals surface area contributed by atoms with Crippen LogP contribution in [0.3, 0.4) is 0 Å². The molecular weight excluding hydrogens is 306 g/mol. The van der Waals surface area contributed by atoms with Gasteiger partial charge in [0.1, 0.15) is 5.75 Å². The molecule has 0 saturated heterocycles. The van der Waals surface area contributed by atoms with Gasteiger partial charge in [0.15, 0.2) is 17.3 Å². The lowest BCUT2D eigenvalue weighted by atomic mass is 9.85. The Morgan fingerprint density at radius 1 is 0.875 bits per heavy atom. The van der Waals surface area contributed by atoms with Gasteiger partial charge in [0.25, 0.3) is 0 Å². The summed E-state index contributed by atoms with van der Waals surface area (Å²) in [6.07, 6.45) is 1.72. The van der Waals surface area contributed by atoms with Gasteiger partial charge in [-0.05, 0) is 30.3 Å². The van der Waals surface area contributed by atoms with Gasteiger partial charge >= 0.3 is 0 Å². The number of carbonyl (C=O) groups excluding carboxylic acids is 1. The maximum atomic E-state index is 13.1. The minimum atomic E-state index is -0.0737. The highest BCUT2D eigenvalue weighted by Crippen LogP contribution is 2.45. The number of rotatable bonds is 3. The number of nitrogens with zero attached hydrogens (tertiary/aromatic N) is 1. The molecule has 0 saturated carbocycles. The zero-order chi connectivity index (χ0) is 16.8. The van der Waals surface area contributed by atoms with E-state index < -0.39 is 0 Å². The van der Waals surface area contributed by atoms with Gasteiger partial charge in [0.2, 0.25) is 0 Å². The predicted octanol–water partition coefficient (Wildman–Crippen LogP) is 3.47. The highest BCUT2D eigenvalue weighted by atomic mass is 16.5.